The van der Waals surface area contributed by atoms with Crippen molar-refractivity contribution in [1.29, 1.82) is 0 Å². The van der Waals surface area contributed by atoms with Gasteiger partial charge in [-0.3, -0.25) is 19.2 Å². The van der Waals surface area contributed by atoms with Crippen molar-refractivity contribution in [3.63, 3.8) is 0 Å². The van der Waals surface area contributed by atoms with E-state index in [0.29, 0.717) is 12.8 Å². The molecule has 0 radical (unpaired) electrons. The minimum Gasteiger partial charge on any atom is -0.497 e. The second kappa shape index (κ2) is 12.2. The Morgan fingerprint density at radius 2 is 1.32 bits per heavy atom. The third-order valence-electron chi connectivity index (χ3n) is 12.2. The summed E-state index contributed by atoms with van der Waals surface area (Å²) in [5.74, 6) is -5.60. The standard InChI is InChI=1S/C38H44O12/c1-5-7-9-11-21-23-24-25(27(39)32-37(49-32,29(24)41)16-14-19(4)35(45)46)31(48-21)38-20(17-47-22(26(23)38)12-10-8-6-2)28(40)36(33(50-36)30(38)42)15-13-18(3)34(43)44/h13-14,17,21-23,26,31-33H,5-12,15-16H2,1-4H3,(H,43,44)(H,45,46)/b18-13+,19-14-/t21-,22+,23-,26-,31+,32-,33+,36-,37+,38-/m0/s1. The molecule has 2 N–H and O–H groups in total. The van der Waals surface area contributed by atoms with Crippen LogP contribution in [-0.2, 0) is 47.7 Å². The molecule has 50 heavy (non-hydrogen) atoms. The van der Waals surface area contributed by atoms with Gasteiger partial charge in [-0.2, -0.15) is 0 Å². The summed E-state index contributed by atoms with van der Waals surface area (Å²) >= 11 is 0. The normalized spacial score (nSPS) is 39.5. The molecule has 0 aromatic carbocycles. The lowest BCUT2D eigenvalue weighted by Crippen LogP contribution is -2.73. The van der Waals surface area contributed by atoms with Gasteiger partial charge in [-0.1, -0.05) is 58.1 Å². The van der Waals surface area contributed by atoms with Gasteiger partial charge in [0.15, 0.2) is 46.5 Å². The molecule has 4 fully saturated rings. The molecule has 1 spiro atoms. The van der Waals surface area contributed by atoms with E-state index in [2.05, 4.69) is 13.8 Å². The van der Waals surface area contributed by atoms with Crippen LogP contribution in [0.2, 0.25) is 0 Å². The summed E-state index contributed by atoms with van der Waals surface area (Å²) in [6, 6.07) is 0. The Kier molecular flexibility index (Phi) is 8.46. The first-order valence-electron chi connectivity index (χ1n) is 17.9. The number of unbranched alkanes of at least 4 members (excludes halogenated alkanes) is 4. The molecule has 8 aliphatic rings. The number of ether oxygens (including phenoxy) is 4. The Balaban J connectivity index is 1.38. The second-order valence-corrected chi connectivity index (χ2v) is 15.0. The lowest BCUT2D eigenvalue weighted by molar-refractivity contribution is -0.211. The van der Waals surface area contributed by atoms with Crippen LogP contribution in [0, 0.1) is 17.3 Å². The zero-order chi connectivity index (χ0) is 35.9. The average Bonchev–Trinajstić information content (AvgIpc) is 4.02. The average molecular weight is 693 g/mol. The van der Waals surface area contributed by atoms with Crippen molar-refractivity contribution in [3.05, 3.63) is 46.3 Å². The fourth-order valence-corrected chi connectivity index (χ4v) is 9.43. The highest BCUT2D eigenvalue weighted by atomic mass is 16.6. The molecule has 10 atom stereocenters. The number of hydrogen-bond acceptors (Lipinski definition) is 10. The molecule has 12 heteroatoms. The molecule has 0 aromatic rings. The van der Waals surface area contributed by atoms with Gasteiger partial charge in [0.25, 0.3) is 0 Å². The van der Waals surface area contributed by atoms with Crippen LogP contribution in [0.15, 0.2) is 46.3 Å². The molecule has 3 saturated heterocycles. The van der Waals surface area contributed by atoms with E-state index in [-0.39, 0.29) is 40.7 Å². The van der Waals surface area contributed by atoms with Gasteiger partial charge in [0.05, 0.1) is 12.4 Å². The molecule has 0 amide bonds. The third-order valence-corrected chi connectivity index (χ3v) is 12.2. The number of rotatable bonds is 14. The highest BCUT2D eigenvalue weighted by molar-refractivity contribution is 6.25. The SMILES string of the molecule is CCCCC[C@@H]1O[C@@H]2C3=C(C(=O)[C@@]4(C/C=C(/C)C(=O)O)O[C@H]4C3=O)[C@H]1[C@@H]1[C@@H](CCCCC)OC=C3C(=O)[C@]4(C/C=C(\C)C(=O)O)O[C@@H]4C(=O)[C@]312. The van der Waals surface area contributed by atoms with Gasteiger partial charge in [-0.05, 0) is 33.1 Å². The van der Waals surface area contributed by atoms with Crippen LogP contribution in [0.3, 0.4) is 0 Å². The molecule has 0 aromatic heterocycles. The van der Waals surface area contributed by atoms with Crippen molar-refractivity contribution < 1.29 is 57.9 Å². The Bertz CT molecular complexity index is 1710. The van der Waals surface area contributed by atoms with E-state index < -0.39 is 94.0 Å². The van der Waals surface area contributed by atoms with Crippen molar-refractivity contribution in [2.75, 3.05) is 0 Å². The number of carboxylic acids is 2. The van der Waals surface area contributed by atoms with Crippen molar-refractivity contribution in [1.82, 2.24) is 0 Å². The maximum absolute atomic E-state index is 15.1. The molecule has 5 heterocycles. The molecule has 1 saturated carbocycles. The van der Waals surface area contributed by atoms with E-state index in [1.165, 1.54) is 32.3 Å². The van der Waals surface area contributed by atoms with Crippen LogP contribution in [0.25, 0.3) is 0 Å². The number of ketones is 4. The summed E-state index contributed by atoms with van der Waals surface area (Å²) < 4.78 is 25.1. The molecule has 268 valence electrons. The van der Waals surface area contributed by atoms with E-state index in [4.69, 9.17) is 18.9 Å². The number of epoxide rings is 2. The second-order valence-electron chi connectivity index (χ2n) is 15.0. The van der Waals surface area contributed by atoms with Crippen molar-refractivity contribution in [2.45, 2.75) is 134 Å². The van der Waals surface area contributed by atoms with Crippen molar-refractivity contribution in [3.8, 4) is 0 Å². The number of carbonyl (C=O) groups is 6. The number of hydrogen-bond donors (Lipinski definition) is 2. The van der Waals surface area contributed by atoms with E-state index in [1.54, 1.807) is 0 Å². The van der Waals surface area contributed by atoms with E-state index in [0.717, 1.165) is 38.5 Å². The molecule has 3 aliphatic carbocycles. The molecule has 5 aliphatic heterocycles. The van der Waals surface area contributed by atoms with Crippen molar-refractivity contribution >= 4 is 35.1 Å². The number of carbonyl (C=O) groups excluding carboxylic acids is 4. The van der Waals surface area contributed by atoms with Crippen LogP contribution in [0.1, 0.15) is 91.9 Å². The summed E-state index contributed by atoms with van der Waals surface area (Å²) in [6.07, 6.45) is 5.51. The number of Topliss-reactive ketones (excluding diaryl/α,β-unsaturated/α-hetero) is 4. The number of fused-ring (bicyclic) bond motifs is 3. The van der Waals surface area contributed by atoms with Gasteiger partial charge in [-0.25, -0.2) is 9.59 Å². The van der Waals surface area contributed by atoms with Crippen molar-refractivity contribution in [2.24, 2.45) is 17.3 Å². The van der Waals surface area contributed by atoms with Gasteiger partial charge in [0, 0.05) is 52.5 Å². The maximum Gasteiger partial charge on any atom is 0.330 e. The predicted octanol–water partition coefficient (Wildman–Crippen LogP) is 4.15. The largest absolute Gasteiger partial charge is 0.497 e. The molecule has 12 nitrogen and oxygen atoms in total. The first kappa shape index (κ1) is 34.7. The fourth-order valence-electron chi connectivity index (χ4n) is 9.43. The van der Waals surface area contributed by atoms with Crippen LogP contribution >= 0.6 is 0 Å². The first-order valence-corrected chi connectivity index (χ1v) is 17.9. The molecule has 2 bridgehead atoms. The summed E-state index contributed by atoms with van der Waals surface area (Å²) in [7, 11) is 0. The monoisotopic (exact) mass is 692 g/mol. The molecular weight excluding hydrogens is 648 g/mol. The maximum atomic E-state index is 15.1. The lowest BCUT2D eigenvalue weighted by Gasteiger charge is -2.63. The minimum atomic E-state index is -1.65. The summed E-state index contributed by atoms with van der Waals surface area (Å²) in [5.41, 5.74) is -4.38. The zero-order valence-electron chi connectivity index (χ0n) is 28.8. The van der Waals surface area contributed by atoms with E-state index in [1.807, 2.05) is 0 Å². The zero-order valence-corrected chi connectivity index (χ0v) is 28.8. The Morgan fingerprint density at radius 3 is 1.90 bits per heavy atom. The van der Waals surface area contributed by atoms with E-state index in [9.17, 15) is 34.2 Å². The van der Waals surface area contributed by atoms with Crippen LogP contribution in [-0.4, -0.2) is 87.0 Å². The Morgan fingerprint density at radius 1 is 0.760 bits per heavy atom. The highest BCUT2D eigenvalue weighted by Gasteiger charge is 2.84. The summed E-state index contributed by atoms with van der Waals surface area (Å²) in [6.45, 7) is 6.96. The highest BCUT2D eigenvalue weighted by Crippen LogP contribution is 2.70. The fraction of sp³-hybridized carbons (Fsp3) is 0.632. The quantitative estimate of drug-likeness (QED) is 0.151. The van der Waals surface area contributed by atoms with Gasteiger partial charge in [0.1, 0.15) is 17.6 Å². The number of carboxylic acid groups (broad SMARTS) is 2. The minimum absolute atomic E-state index is 0.00861. The van der Waals surface area contributed by atoms with Gasteiger partial charge >= 0.3 is 11.9 Å². The summed E-state index contributed by atoms with van der Waals surface area (Å²) in [4.78, 5) is 81.9. The van der Waals surface area contributed by atoms with Crippen LogP contribution in [0.4, 0.5) is 0 Å². The molecule has 8 rings (SSSR count). The topological polar surface area (TPSA) is 186 Å². The van der Waals surface area contributed by atoms with Crippen LogP contribution < -0.4 is 0 Å². The smallest absolute Gasteiger partial charge is 0.330 e. The van der Waals surface area contributed by atoms with Crippen LogP contribution in [0.5, 0.6) is 0 Å². The Hall–Kier alpha value is -3.74. The lowest BCUT2D eigenvalue weighted by atomic mass is 9.44. The van der Waals surface area contributed by atoms with Gasteiger partial charge in [-0.15, -0.1) is 0 Å². The first-order chi connectivity index (χ1) is 23.8. The van der Waals surface area contributed by atoms with Gasteiger partial charge in [0.2, 0.25) is 0 Å². The molecular formula is C38H44O12. The van der Waals surface area contributed by atoms with Gasteiger partial charge < -0.3 is 29.2 Å². The van der Waals surface area contributed by atoms with E-state index >= 15 is 4.79 Å². The predicted molar refractivity (Wildman–Crippen MR) is 174 cm³/mol. The molecule has 0 unspecified atom stereocenters. The summed E-state index contributed by atoms with van der Waals surface area (Å²) in [5, 5.41) is 18.9. The Labute approximate surface area is 289 Å². The number of aliphatic carboxylic acids is 2. The third kappa shape index (κ3) is 4.66.